The summed E-state index contributed by atoms with van der Waals surface area (Å²) in [7, 11) is 1.54. The van der Waals surface area contributed by atoms with Crippen LogP contribution in [0.2, 0.25) is 5.02 Å². The van der Waals surface area contributed by atoms with E-state index in [1.54, 1.807) is 36.4 Å². The average Bonchev–Trinajstić information content (AvgIpc) is 3.21. The molecule has 10 nitrogen and oxygen atoms in total. The Bertz CT molecular complexity index is 1310. The minimum Gasteiger partial charge on any atom is -0.495 e. The molecule has 1 aromatic heterocycles. The van der Waals surface area contributed by atoms with Gasteiger partial charge in [0.05, 0.1) is 22.7 Å². The molecule has 11 heteroatoms. The number of ether oxygens (including phenoxy) is 2. The maximum atomic E-state index is 12.2. The maximum Gasteiger partial charge on any atom is 0.269 e. The highest BCUT2D eigenvalue weighted by Gasteiger charge is 2.11. The van der Waals surface area contributed by atoms with Crippen molar-refractivity contribution in [1.82, 2.24) is 15.0 Å². The van der Waals surface area contributed by atoms with E-state index in [9.17, 15) is 14.9 Å². The van der Waals surface area contributed by atoms with Crippen LogP contribution < -0.4 is 14.8 Å². The van der Waals surface area contributed by atoms with Gasteiger partial charge in [-0.1, -0.05) is 11.6 Å². The van der Waals surface area contributed by atoms with Crippen molar-refractivity contribution in [2.24, 2.45) is 0 Å². The van der Waals surface area contributed by atoms with Crippen LogP contribution in [0.5, 0.6) is 11.5 Å². The Morgan fingerprint density at radius 3 is 2.53 bits per heavy atom. The van der Waals surface area contributed by atoms with Gasteiger partial charge in [-0.15, -0.1) is 10.2 Å². The number of aromatic nitrogens is 3. The van der Waals surface area contributed by atoms with Crippen molar-refractivity contribution in [2.45, 2.75) is 0 Å². The van der Waals surface area contributed by atoms with Crippen LogP contribution >= 0.6 is 11.6 Å². The fourth-order valence-electron chi connectivity index (χ4n) is 2.90. The average molecular weight is 454 g/mol. The first-order valence-corrected chi connectivity index (χ1v) is 9.69. The van der Waals surface area contributed by atoms with Crippen molar-refractivity contribution in [3.05, 3.63) is 75.8 Å². The van der Waals surface area contributed by atoms with Gasteiger partial charge in [0.1, 0.15) is 22.5 Å². The van der Waals surface area contributed by atoms with Gasteiger partial charge in [-0.25, -0.2) is 0 Å². The Morgan fingerprint density at radius 1 is 1.09 bits per heavy atom. The summed E-state index contributed by atoms with van der Waals surface area (Å²) >= 11 is 6.17. The van der Waals surface area contributed by atoms with Gasteiger partial charge >= 0.3 is 0 Å². The topological polar surface area (TPSA) is 121 Å². The third kappa shape index (κ3) is 4.60. The van der Waals surface area contributed by atoms with Gasteiger partial charge in [0.15, 0.2) is 6.61 Å². The van der Waals surface area contributed by atoms with Crippen LogP contribution in [0, 0.1) is 10.1 Å². The maximum absolute atomic E-state index is 12.2. The summed E-state index contributed by atoms with van der Waals surface area (Å²) in [6, 6.07) is 15.8. The van der Waals surface area contributed by atoms with Crippen molar-refractivity contribution in [1.29, 1.82) is 0 Å². The highest BCUT2D eigenvalue weighted by Crippen LogP contribution is 2.27. The Morgan fingerprint density at radius 2 is 1.84 bits per heavy atom. The van der Waals surface area contributed by atoms with Gasteiger partial charge in [-0.3, -0.25) is 14.9 Å². The summed E-state index contributed by atoms with van der Waals surface area (Å²) in [6.45, 7) is -0.257. The Hall–Kier alpha value is -4.18. The lowest BCUT2D eigenvalue weighted by molar-refractivity contribution is -0.384. The zero-order valence-electron chi connectivity index (χ0n) is 16.7. The smallest absolute Gasteiger partial charge is 0.269 e. The van der Waals surface area contributed by atoms with Gasteiger partial charge in [0.25, 0.3) is 11.6 Å². The first-order chi connectivity index (χ1) is 15.4. The van der Waals surface area contributed by atoms with Crippen molar-refractivity contribution < 1.29 is 19.2 Å². The number of benzene rings is 3. The Labute approximate surface area is 186 Å². The molecule has 4 rings (SSSR count). The van der Waals surface area contributed by atoms with E-state index >= 15 is 0 Å². The number of hydrogen-bond acceptors (Lipinski definition) is 7. The number of nitrogens with zero attached hydrogens (tertiary/aromatic N) is 4. The van der Waals surface area contributed by atoms with Crippen LogP contribution in [0.25, 0.3) is 16.7 Å². The van der Waals surface area contributed by atoms with Crippen molar-refractivity contribution in [2.75, 3.05) is 19.0 Å². The van der Waals surface area contributed by atoms with E-state index in [0.29, 0.717) is 38.9 Å². The molecule has 0 aliphatic rings. The number of carbonyl (C=O) groups excluding carboxylic acids is 1. The van der Waals surface area contributed by atoms with Gasteiger partial charge < -0.3 is 14.8 Å². The molecule has 0 fully saturated rings. The van der Waals surface area contributed by atoms with Gasteiger partial charge in [0, 0.05) is 17.8 Å². The first kappa shape index (κ1) is 21.1. The molecule has 0 radical (unpaired) electrons. The molecule has 1 amide bonds. The lowest BCUT2D eigenvalue weighted by Crippen LogP contribution is -2.20. The molecule has 0 saturated carbocycles. The molecule has 1 heterocycles. The van der Waals surface area contributed by atoms with Crippen LogP contribution in [-0.2, 0) is 4.79 Å². The van der Waals surface area contributed by atoms with E-state index in [4.69, 9.17) is 21.1 Å². The predicted octanol–water partition coefficient (Wildman–Crippen LogP) is 4.01. The zero-order valence-corrected chi connectivity index (χ0v) is 17.4. The molecule has 0 unspecified atom stereocenters. The third-order valence-corrected chi connectivity index (χ3v) is 4.74. The lowest BCUT2D eigenvalue weighted by Gasteiger charge is -2.07. The van der Waals surface area contributed by atoms with E-state index in [0.717, 1.165) is 0 Å². The Balaban J connectivity index is 1.42. The molecule has 0 saturated heterocycles. The number of rotatable bonds is 7. The number of amides is 1. The van der Waals surface area contributed by atoms with E-state index in [1.165, 1.54) is 36.2 Å². The predicted molar refractivity (Wildman–Crippen MR) is 118 cm³/mol. The monoisotopic (exact) mass is 453 g/mol. The molecule has 1 N–H and O–H groups in total. The highest BCUT2D eigenvalue weighted by molar-refractivity contribution is 6.32. The molecule has 4 aromatic rings. The molecule has 32 heavy (non-hydrogen) atoms. The number of methoxy groups -OCH3 is 1. The van der Waals surface area contributed by atoms with Crippen molar-refractivity contribution >= 4 is 39.9 Å². The number of nitrogens with one attached hydrogen (secondary N) is 1. The molecular weight excluding hydrogens is 438 g/mol. The van der Waals surface area contributed by atoms with Crippen LogP contribution in [-0.4, -0.2) is 39.5 Å². The number of fused-ring (bicyclic) bond motifs is 1. The quantitative estimate of drug-likeness (QED) is 0.331. The molecule has 0 atom stereocenters. The van der Waals surface area contributed by atoms with Gasteiger partial charge in [-0.2, -0.15) is 4.80 Å². The second kappa shape index (κ2) is 8.90. The Kier molecular flexibility index (Phi) is 5.86. The summed E-state index contributed by atoms with van der Waals surface area (Å²) in [5.41, 5.74) is 2.34. The van der Waals surface area contributed by atoms with E-state index < -0.39 is 10.8 Å². The molecule has 0 spiro atoms. The zero-order chi connectivity index (χ0) is 22.7. The minimum atomic E-state index is -0.508. The van der Waals surface area contributed by atoms with Crippen LogP contribution in [0.4, 0.5) is 11.4 Å². The number of halogens is 1. The van der Waals surface area contributed by atoms with Crippen molar-refractivity contribution in [3.8, 4) is 17.2 Å². The molecule has 0 aliphatic heterocycles. The second-order valence-electron chi connectivity index (χ2n) is 6.60. The molecule has 162 valence electrons. The summed E-state index contributed by atoms with van der Waals surface area (Å²) in [6.07, 6.45) is 0. The standard InChI is InChI=1S/C21H16ClN5O5/c1-31-20-9-5-15(11-17(20)22)26-24-18-8-2-13(10-19(18)25-26)23-21(28)12-32-16-6-3-14(4-7-16)27(29)30/h2-11H,12H2,1H3,(H,23,28). The van der Waals surface area contributed by atoms with E-state index in [-0.39, 0.29) is 12.3 Å². The number of carbonyl (C=O) groups is 1. The number of hydrogen-bond donors (Lipinski definition) is 1. The first-order valence-electron chi connectivity index (χ1n) is 9.31. The highest BCUT2D eigenvalue weighted by atomic mass is 35.5. The third-order valence-electron chi connectivity index (χ3n) is 4.45. The number of non-ortho nitro benzene ring substituents is 1. The second-order valence-corrected chi connectivity index (χ2v) is 7.01. The molecule has 3 aromatic carbocycles. The van der Waals surface area contributed by atoms with Crippen LogP contribution in [0.1, 0.15) is 0 Å². The molecule has 0 bridgehead atoms. The van der Waals surface area contributed by atoms with Crippen LogP contribution in [0.3, 0.4) is 0 Å². The normalized spacial score (nSPS) is 10.7. The number of anilines is 1. The summed E-state index contributed by atoms with van der Waals surface area (Å²) < 4.78 is 10.5. The molecule has 0 aliphatic carbocycles. The van der Waals surface area contributed by atoms with E-state index in [2.05, 4.69) is 15.5 Å². The number of nitro benzene ring substituents is 1. The van der Waals surface area contributed by atoms with Crippen molar-refractivity contribution in [3.63, 3.8) is 0 Å². The fourth-order valence-corrected chi connectivity index (χ4v) is 3.15. The number of nitro groups is 1. The van der Waals surface area contributed by atoms with E-state index in [1.807, 2.05) is 0 Å². The summed E-state index contributed by atoms with van der Waals surface area (Å²) in [4.78, 5) is 23.8. The molecular formula is C21H16ClN5O5. The summed E-state index contributed by atoms with van der Waals surface area (Å²) in [5, 5.41) is 22.7. The van der Waals surface area contributed by atoms with Crippen LogP contribution in [0.15, 0.2) is 60.7 Å². The minimum absolute atomic E-state index is 0.0555. The SMILES string of the molecule is COc1ccc(-n2nc3ccc(NC(=O)COc4ccc([N+](=O)[O-])cc4)cc3n2)cc1Cl. The largest absolute Gasteiger partial charge is 0.495 e. The van der Waals surface area contributed by atoms with Gasteiger partial charge in [-0.05, 0) is 48.5 Å². The summed E-state index contributed by atoms with van der Waals surface area (Å²) in [5.74, 6) is 0.507. The van der Waals surface area contributed by atoms with Gasteiger partial charge in [0.2, 0.25) is 0 Å². The fraction of sp³-hybridized carbons (Fsp3) is 0.0952. The lowest BCUT2D eigenvalue weighted by atomic mass is 10.3.